The number of hydrogen-bond donors (Lipinski definition) is 0. The molecule has 3 aromatic rings. The van der Waals surface area contributed by atoms with Crippen molar-refractivity contribution in [3.63, 3.8) is 0 Å². The molecule has 8 nitrogen and oxygen atoms in total. The van der Waals surface area contributed by atoms with Crippen molar-refractivity contribution in [2.75, 3.05) is 7.11 Å². The monoisotopic (exact) mass is 407 g/mol. The van der Waals surface area contributed by atoms with Gasteiger partial charge in [0.15, 0.2) is 17.3 Å². The zero-order chi connectivity index (χ0) is 21.5. The second kappa shape index (κ2) is 9.51. The molecule has 1 heterocycles. The zero-order valence-electron chi connectivity index (χ0n) is 16.6. The van der Waals surface area contributed by atoms with Crippen LogP contribution in [0.15, 0.2) is 60.9 Å². The number of ketones is 1. The first kappa shape index (κ1) is 20.8. The molecular formula is C22H21N3O5. The van der Waals surface area contributed by atoms with Crippen molar-refractivity contribution in [1.82, 2.24) is 9.78 Å². The predicted octanol–water partition coefficient (Wildman–Crippen LogP) is 4.29. The van der Waals surface area contributed by atoms with Crippen LogP contribution in [0.2, 0.25) is 0 Å². The number of nitro groups is 1. The molecule has 0 spiro atoms. The van der Waals surface area contributed by atoms with Crippen LogP contribution in [-0.4, -0.2) is 27.6 Å². The van der Waals surface area contributed by atoms with Gasteiger partial charge in [0.05, 0.1) is 23.8 Å². The molecule has 1 aromatic heterocycles. The van der Waals surface area contributed by atoms with Crippen molar-refractivity contribution in [1.29, 1.82) is 0 Å². The lowest BCUT2D eigenvalue weighted by Crippen LogP contribution is -1.98. The third kappa shape index (κ3) is 5.11. The van der Waals surface area contributed by atoms with E-state index in [1.54, 1.807) is 47.4 Å². The average molecular weight is 407 g/mol. The highest BCUT2D eigenvalue weighted by atomic mass is 16.6. The molecule has 0 aliphatic rings. The van der Waals surface area contributed by atoms with E-state index in [0.29, 0.717) is 23.6 Å². The van der Waals surface area contributed by atoms with E-state index in [4.69, 9.17) is 9.47 Å². The van der Waals surface area contributed by atoms with Gasteiger partial charge in [-0.2, -0.15) is 5.10 Å². The minimum atomic E-state index is -0.444. The number of carbonyl (C=O) groups is 1. The highest BCUT2D eigenvalue weighted by molar-refractivity contribution is 6.06. The number of methoxy groups -OCH3 is 1. The Morgan fingerprint density at radius 3 is 2.60 bits per heavy atom. The fourth-order valence-corrected chi connectivity index (χ4v) is 2.71. The van der Waals surface area contributed by atoms with Gasteiger partial charge in [0, 0.05) is 24.9 Å². The van der Waals surface area contributed by atoms with E-state index in [9.17, 15) is 14.9 Å². The van der Waals surface area contributed by atoms with Crippen molar-refractivity contribution in [3.8, 4) is 11.5 Å². The fourth-order valence-electron chi connectivity index (χ4n) is 2.71. The zero-order valence-corrected chi connectivity index (χ0v) is 16.6. The molecular weight excluding hydrogens is 386 g/mol. The first-order valence-corrected chi connectivity index (χ1v) is 9.29. The predicted molar refractivity (Wildman–Crippen MR) is 112 cm³/mol. The van der Waals surface area contributed by atoms with Crippen LogP contribution >= 0.6 is 0 Å². The number of nitrogens with zero attached hydrogens (tertiary/aromatic N) is 3. The standard InChI is InChI=1S/C22H21N3O5/c1-3-24-14-18(13-23-24)20(26)10-6-16-7-11-21(22(12-16)29-2)30-15-17-4-8-19(9-5-17)25(27)28/h4-14H,3,15H2,1-2H3/b10-6+. The number of nitro benzene ring substituents is 1. The summed E-state index contributed by atoms with van der Waals surface area (Å²) in [5, 5.41) is 14.8. The molecule has 0 fully saturated rings. The van der Waals surface area contributed by atoms with Gasteiger partial charge in [-0.3, -0.25) is 19.6 Å². The molecule has 0 aliphatic carbocycles. The number of ether oxygens (including phenoxy) is 2. The molecule has 2 aromatic carbocycles. The van der Waals surface area contributed by atoms with Gasteiger partial charge in [0.1, 0.15) is 6.61 Å². The van der Waals surface area contributed by atoms with Gasteiger partial charge in [0.25, 0.3) is 5.69 Å². The number of rotatable bonds is 9. The second-order valence-corrected chi connectivity index (χ2v) is 6.40. The molecule has 0 radical (unpaired) electrons. The molecule has 0 saturated heterocycles. The van der Waals surface area contributed by atoms with E-state index >= 15 is 0 Å². The minimum absolute atomic E-state index is 0.0315. The second-order valence-electron chi connectivity index (χ2n) is 6.40. The Bertz CT molecular complexity index is 1070. The van der Waals surface area contributed by atoms with Crippen LogP contribution in [0.25, 0.3) is 6.08 Å². The van der Waals surface area contributed by atoms with Crippen molar-refractivity contribution >= 4 is 17.5 Å². The highest BCUT2D eigenvalue weighted by Crippen LogP contribution is 2.29. The van der Waals surface area contributed by atoms with Crippen molar-refractivity contribution in [3.05, 3.63) is 87.7 Å². The first-order valence-electron chi connectivity index (χ1n) is 9.29. The lowest BCUT2D eigenvalue weighted by molar-refractivity contribution is -0.384. The van der Waals surface area contributed by atoms with E-state index in [-0.39, 0.29) is 18.1 Å². The van der Waals surface area contributed by atoms with Crippen LogP contribution in [-0.2, 0) is 13.2 Å². The van der Waals surface area contributed by atoms with Crippen LogP contribution in [0.4, 0.5) is 5.69 Å². The summed E-state index contributed by atoms with van der Waals surface area (Å²) in [6.07, 6.45) is 6.45. The van der Waals surface area contributed by atoms with E-state index in [2.05, 4.69) is 5.10 Å². The topological polar surface area (TPSA) is 96.5 Å². The summed E-state index contributed by atoms with van der Waals surface area (Å²) in [6, 6.07) is 11.5. The molecule has 30 heavy (non-hydrogen) atoms. The summed E-state index contributed by atoms with van der Waals surface area (Å²) < 4.78 is 12.9. The molecule has 3 rings (SSSR count). The quantitative estimate of drug-likeness (QED) is 0.227. The fraction of sp³-hybridized carbons (Fsp3) is 0.182. The number of non-ortho nitro benzene ring substituents is 1. The van der Waals surface area contributed by atoms with Gasteiger partial charge in [0.2, 0.25) is 0 Å². The molecule has 0 saturated carbocycles. The summed E-state index contributed by atoms with van der Waals surface area (Å²) in [7, 11) is 1.53. The maximum absolute atomic E-state index is 12.3. The molecule has 0 atom stereocenters. The molecule has 0 bridgehead atoms. The molecule has 0 amide bonds. The van der Waals surface area contributed by atoms with Crippen LogP contribution in [0, 0.1) is 10.1 Å². The molecule has 0 unspecified atom stereocenters. The third-order valence-electron chi connectivity index (χ3n) is 4.40. The van der Waals surface area contributed by atoms with Crippen LogP contribution in [0.5, 0.6) is 11.5 Å². The third-order valence-corrected chi connectivity index (χ3v) is 4.40. The van der Waals surface area contributed by atoms with E-state index in [0.717, 1.165) is 11.1 Å². The summed E-state index contributed by atoms with van der Waals surface area (Å²) >= 11 is 0. The lowest BCUT2D eigenvalue weighted by Gasteiger charge is -2.11. The molecule has 154 valence electrons. The Morgan fingerprint density at radius 1 is 1.20 bits per heavy atom. The number of carbonyl (C=O) groups excluding carboxylic acids is 1. The number of allylic oxidation sites excluding steroid dienone is 1. The number of benzene rings is 2. The summed E-state index contributed by atoms with van der Waals surface area (Å²) in [5.74, 6) is 0.918. The number of aryl methyl sites for hydroxylation is 1. The van der Waals surface area contributed by atoms with Crippen LogP contribution in [0.1, 0.15) is 28.4 Å². The SMILES string of the molecule is CCn1cc(C(=O)/C=C/c2ccc(OCc3ccc([N+](=O)[O-])cc3)c(OC)c2)cn1. The van der Waals surface area contributed by atoms with Crippen molar-refractivity contribution in [2.45, 2.75) is 20.1 Å². The molecule has 0 N–H and O–H groups in total. The maximum atomic E-state index is 12.3. The maximum Gasteiger partial charge on any atom is 0.269 e. The summed E-state index contributed by atoms with van der Waals surface area (Å²) in [4.78, 5) is 22.5. The lowest BCUT2D eigenvalue weighted by atomic mass is 10.1. The average Bonchev–Trinajstić information content (AvgIpc) is 3.26. The Labute approximate surface area is 173 Å². The Balaban J connectivity index is 1.66. The number of aromatic nitrogens is 2. The van der Waals surface area contributed by atoms with Gasteiger partial charge in [-0.15, -0.1) is 0 Å². The Hall–Kier alpha value is -3.94. The van der Waals surface area contributed by atoms with Gasteiger partial charge < -0.3 is 9.47 Å². The number of hydrogen-bond acceptors (Lipinski definition) is 6. The Morgan fingerprint density at radius 2 is 1.97 bits per heavy atom. The van der Waals surface area contributed by atoms with Gasteiger partial charge >= 0.3 is 0 Å². The van der Waals surface area contributed by atoms with Gasteiger partial charge in [-0.05, 0) is 48.4 Å². The van der Waals surface area contributed by atoms with Crippen molar-refractivity contribution < 1.29 is 19.2 Å². The smallest absolute Gasteiger partial charge is 0.269 e. The van der Waals surface area contributed by atoms with E-state index in [1.165, 1.54) is 25.3 Å². The van der Waals surface area contributed by atoms with Crippen molar-refractivity contribution in [2.24, 2.45) is 0 Å². The van der Waals surface area contributed by atoms with Gasteiger partial charge in [-0.25, -0.2) is 0 Å². The molecule has 0 aliphatic heterocycles. The highest BCUT2D eigenvalue weighted by Gasteiger charge is 2.09. The largest absolute Gasteiger partial charge is 0.493 e. The molecule has 8 heteroatoms. The van der Waals surface area contributed by atoms with E-state index < -0.39 is 4.92 Å². The van der Waals surface area contributed by atoms with Crippen LogP contribution < -0.4 is 9.47 Å². The minimum Gasteiger partial charge on any atom is -0.493 e. The van der Waals surface area contributed by atoms with Gasteiger partial charge in [-0.1, -0.05) is 12.1 Å². The summed E-state index contributed by atoms with van der Waals surface area (Å²) in [5.41, 5.74) is 2.14. The van der Waals surface area contributed by atoms with Crippen LogP contribution in [0.3, 0.4) is 0 Å². The normalized spacial score (nSPS) is 10.9. The summed E-state index contributed by atoms with van der Waals surface area (Å²) in [6.45, 7) is 2.90. The van der Waals surface area contributed by atoms with E-state index in [1.807, 2.05) is 13.0 Å². The Kier molecular flexibility index (Phi) is 6.59. The first-order chi connectivity index (χ1) is 14.5.